The van der Waals surface area contributed by atoms with Crippen LogP contribution in [0.15, 0.2) is 22.7 Å². The molecule has 0 spiro atoms. The van der Waals surface area contributed by atoms with Gasteiger partial charge in [0.25, 0.3) is 0 Å². The van der Waals surface area contributed by atoms with Gasteiger partial charge < -0.3 is 19.4 Å². The number of amides is 1. The zero-order chi connectivity index (χ0) is 21.1. The van der Waals surface area contributed by atoms with Gasteiger partial charge in [0.2, 0.25) is 5.91 Å². The molecular formula is C23H32FN3O3. The van der Waals surface area contributed by atoms with Gasteiger partial charge in [-0.2, -0.15) is 0 Å². The van der Waals surface area contributed by atoms with Crippen LogP contribution in [0, 0.1) is 11.7 Å². The van der Waals surface area contributed by atoms with Crippen molar-refractivity contribution in [1.82, 2.24) is 15.0 Å². The third-order valence-electron chi connectivity index (χ3n) is 6.86. The highest BCUT2D eigenvalue weighted by Crippen LogP contribution is 2.33. The van der Waals surface area contributed by atoms with E-state index in [2.05, 4.69) is 10.1 Å². The van der Waals surface area contributed by atoms with Crippen molar-refractivity contribution in [3.8, 4) is 0 Å². The molecule has 2 aromatic rings. The van der Waals surface area contributed by atoms with E-state index in [0.29, 0.717) is 24.6 Å². The number of nitrogens with zero attached hydrogens (tertiary/aromatic N) is 3. The molecule has 1 N–H and O–H groups in total. The highest BCUT2D eigenvalue weighted by atomic mass is 19.1. The van der Waals surface area contributed by atoms with Crippen molar-refractivity contribution in [3.05, 3.63) is 29.7 Å². The molecule has 1 saturated heterocycles. The number of hydrogen-bond donors (Lipinski definition) is 1. The molecule has 0 radical (unpaired) electrons. The highest BCUT2D eigenvalue weighted by Gasteiger charge is 2.32. The van der Waals surface area contributed by atoms with E-state index in [4.69, 9.17) is 4.52 Å². The lowest BCUT2D eigenvalue weighted by Gasteiger charge is -2.35. The molecule has 2 aliphatic rings. The molecule has 1 aliphatic heterocycles. The van der Waals surface area contributed by atoms with Crippen LogP contribution >= 0.6 is 0 Å². The van der Waals surface area contributed by atoms with Crippen LogP contribution in [0.4, 0.5) is 4.39 Å². The van der Waals surface area contributed by atoms with Crippen LogP contribution < -0.4 is 0 Å². The van der Waals surface area contributed by atoms with E-state index >= 15 is 0 Å². The van der Waals surface area contributed by atoms with Gasteiger partial charge in [-0.3, -0.25) is 4.79 Å². The van der Waals surface area contributed by atoms with Gasteiger partial charge in [-0.25, -0.2) is 4.39 Å². The van der Waals surface area contributed by atoms with Crippen molar-refractivity contribution in [1.29, 1.82) is 0 Å². The minimum Gasteiger partial charge on any atom is -0.392 e. The fraction of sp³-hybridized carbons (Fsp3) is 0.652. The summed E-state index contributed by atoms with van der Waals surface area (Å²) in [6.45, 7) is 6.13. The first-order valence-electron chi connectivity index (χ1n) is 11.3. The Labute approximate surface area is 177 Å². The van der Waals surface area contributed by atoms with E-state index in [0.717, 1.165) is 69.2 Å². The molecule has 4 rings (SSSR count). The Morgan fingerprint density at radius 1 is 1.27 bits per heavy atom. The average molecular weight is 418 g/mol. The lowest BCUT2D eigenvalue weighted by molar-refractivity contribution is -0.141. The van der Waals surface area contributed by atoms with Crippen molar-refractivity contribution in [2.45, 2.75) is 57.5 Å². The molecule has 1 aromatic heterocycles. The molecule has 6 nitrogen and oxygen atoms in total. The van der Waals surface area contributed by atoms with Crippen LogP contribution in [-0.2, 0) is 4.79 Å². The Kier molecular flexibility index (Phi) is 6.68. The number of likely N-dealkylation sites (tertiary alicyclic amines) is 1. The fourth-order valence-corrected chi connectivity index (χ4v) is 4.98. The standard InChI is InChI=1S/C23H32FN3O3/c1-2-27(23(29)18-5-3-4-6-20(18)28)14-13-26-11-9-16(10-12-26)22-19-8-7-17(24)15-21(19)30-25-22/h7-8,15-16,18,20,28H,2-6,9-14H2,1H3. The number of benzene rings is 1. The Morgan fingerprint density at radius 2 is 2.03 bits per heavy atom. The van der Waals surface area contributed by atoms with Gasteiger partial charge in [0, 0.05) is 37.0 Å². The molecule has 164 valence electrons. The summed E-state index contributed by atoms with van der Waals surface area (Å²) >= 11 is 0. The molecular weight excluding hydrogens is 385 g/mol. The SMILES string of the molecule is CCN(CCN1CCC(c2noc3cc(F)ccc23)CC1)C(=O)C1CCCCC1O. The highest BCUT2D eigenvalue weighted by molar-refractivity contribution is 5.80. The Hall–Kier alpha value is -1.99. The Balaban J connectivity index is 1.29. The molecule has 2 heterocycles. The number of aliphatic hydroxyl groups excluding tert-OH is 1. The summed E-state index contributed by atoms with van der Waals surface area (Å²) in [6, 6.07) is 4.60. The molecule has 2 unspecified atom stereocenters. The molecule has 0 bridgehead atoms. The maximum atomic E-state index is 13.4. The topological polar surface area (TPSA) is 69.8 Å². The van der Waals surface area contributed by atoms with E-state index in [-0.39, 0.29) is 17.6 Å². The number of aliphatic hydroxyl groups is 1. The second kappa shape index (κ2) is 9.43. The van der Waals surface area contributed by atoms with Gasteiger partial charge in [0.15, 0.2) is 5.58 Å². The molecule has 30 heavy (non-hydrogen) atoms. The number of piperidine rings is 1. The minimum atomic E-state index is -0.484. The first kappa shape index (κ1) is 21.2. The number of carbonyl (C=O) groups excluding carboxylic acids is 1. The fourth-order valence-electron chi connectivity index (χ4n) is 4.98. The smallest absolute Gasteiger partial charge is 0.228 e. The number of aromatic nitrogens is 1. The maximum absolute atomic E-state index is 13.4. The summed E-state index contributed by atoms with van der Waals surface area (Å²) in [5, 5.41) is 15.3. The molecule has 1 aliphatic carbocycles. The van der Waals surface area contributed by atoms with Crippen molar-refractivity contribution < 1.29 is 18.8 Å². The predicted octanol–water partition coefficient (Wildman–Crippen LogP) is 3.55. The van der Waals surface area contributed by atoms with E-state index < -0.39 is 6.10 Å². The summed E-state index contributed by atoms with van der Waals surface area (Å²) in [5.41, 5.74) is 1.44. The predicted molar refractivity (Wildman–Crippen MR) is 113 cm³/mol. The van der Waals surface area contributed by atoms with Crippen LogP contribution in [0.25, 0.3) is 11.0 Å². The second-order valence-electron chi connectivity index (χ2n) is 8.70. The Bertz CT molecular complexity index is 862. The lowest BCUT2D eigenvalue weighted by Crippen LogP contribution is -2.46. The molecule has 1 saturated carbocycles. The number of fused-ring (bicyclic) bond motifs is 1. The summed E-state index contributed by atoms with van der Waals surface area (Å²) in [6.07, 6.45) is 5.05. The molecule has 7 heteroatoms. The summed E-state index contributed by atoms with van der Waals surface area (Å²) in [5.74, 6) is -0.111. The van der Waals surface area contributed by atoms with Crippen molar-refractivity contribution in [2.75, 3.05) is 32.7 Å². The normalized spacial score (nSPS) is 23.7. The van der Waals surface area contributed by atoms with Crippen molar-refractivity contribution >= 4 is 16.9 Å². The number of likely N-dealkylation sites (N-methyl/N-ethyl adjacent to an activating group) is 1. The summed E-state index contributed by atoms with van der Waals surface area (Å²) < 4.78 is 18.7. The summed E-state index contributed by atoms with van der Waals surface area (Å²) in [4.78, 5) is 17.2. The van der Waals surface area contributed by atoms with Crippen LogP contribution in [0.3, 0.4) is 0 Å². The van der Waals surface area contributed by atoms with Gasteiger partial charge in [0.1, 0.15) is 5.82 Å². The van der Waals surface area contributed by atoms with Crippen LogP contribution in [0.1, 0.15) is 57.1 Å². The lowest BCUT2D eigenvalue weighted by atomic mass is 9.85. The van der Waals surface area contributed by atoms with Gasteiger partial charge in [-0.15, -0.1) is 0 Å². The van der Waals surface area contributed by atoms with E-state index in [1.807, 2.05) is 11.8 Å². The van der Waals surface area contributed by atoms with Crippen LogP contribution in [0.2, 0.25) is 0 Å². The quantitative estimate of drug-likeness (QED) is 0.779. The zero-order valence-corrected chi connectivity index (χ0v) is 17.7. The first-order valence-corrected chi connectivity index (χ1v) is 11.3. The second-order valence-corrected chi connectivity index (χ2v) is 8.70. The van der Waals surface area contributed by atoms with Crippen LogP contribution in [-0.4, -0.2) is 64.8 Å². The summed E-state index contributed by atoms with van der Waals surface area (Å²) in [7, 11) is 0. The third kappa shape index (κ3) is 4.52. The molecule has 2 fully saturated rings. The van der Waals surface area contributed by atoms with E-state index in [1.165, 1.54) is 12.1 Å². The van der Waals surface area contributed by atoms with Gasteiger partial charge in [-0.1, -0.05) is 18.0 Å². The number of halogens is 1. The number of rotatable bonds is 6. The number of carbonyl (C=O) groups is 1. The van der Waals surface area contributed by atoms with Crippen LogP contribution in [0.5, 0.6) is 0 Å². The maximum Gasteiger partial charge on any atom is 0.228 e. The third-order valence-corrected chi connectivity index (χ3v) is 6.86. The molecule has 1 aromatic carbocycles. The molecule has 1 amide bonds. The van der Waals surface area contributed by atoms with Crippen molar-refractivity contribution in [3.63, 3.8) is 0 Å². The van der Waals surface area contributed by atoms with Crippen molar-refractivity contribution in [2.24, 2.45) is 5.92 Å². The van der Waals surface area contributed by atoms with E-state index in [1.54, 1.807) is 6.07 Å². The van der Waals surface area contributed by atoms with Gasteiger partial charge in [-0.05, 0) is 57.8 Å². The molecule has 2 atom stereocenters. The monoisotopic (exact) mass is 417 g/mol. The minimum absolute atomic E-state index is 0.112. The van der Waals surface area contributed by atoms with Gasteiger partial charge in [0.05, 0.1) is 17.7 Å². The largest absolute Gasteiger partial charge is 0.392 e. The zero-order valence-electron chi connectivity index (χ0n) is 17.7. The number of hydrogen-bond acceptors (Lipinski definition) is 5. The van der Waals surface area contributed by atoms with E-state index in [9.17, 15) is 14.3 Å². The average Bonchev–Trinajstić information content (AvgIpc) is 3.17. The first-order chi connectivity index (χ1) is 14.6. The van der Waals surface area contributed by atoms with Gasteiger partial charge >= 0.3 is 0 Å². The Morgan fingerprint density at radius 3 is 2.77 bits per heavy atom.